The lowest BCUT2D eigenvalue weighted by atomic mass is 10.2. The van der Waals surface area contributed by atoms with Gasteiger partial charge in [-0.3, -0.25) is 4.72 Å². The van der Waals surface area contributed by atoms with Crippen LogP contribution in [0.25, 0.3) is 0 Å². The number of benzene rings is 1. The fourth-order valence-electron chi connectivity index (χ4n) is 0.754. The number of hydrogen-bond acceptors (Lipinski definition) is 3. The molecule has 0 spiro atoms. The third-order valence-corrected chi connectivity index (χ3v) is 1.96. The molecule has 0 amide bonds. The van der Waals surface area contributed by atoms with Gasteiger partial charge in [0.1, 0.15) is 0 Å². The van der Waals surface area contributed by atoms with E-state index in [9.17, 15) is 8.42 Å². The largest absolute Gasteiger partial charge is 0.319 e. The van der Waals surface area contributed by atoms with Gasteiger partial charge in [0.25, 0.3) is 0 Å². The molecule has 0 radical (unpaired) electrons. The van der Waals surface area contributed by atoms with Gasteiger partial charge in [0.2, 0.25) is 0 Å². The molecule has 1 N–H and O–H groups in total. The Labute approximate surface area is 80.3 Å². The topological polar surface area (TPSA) is 70.0 Å². The van der Waals surface area contributed by atoms with Crippen molar-refractivity contribution in [1.29, 1.82) is 5.26 Å². The molecule has 0 aromatic heterocycles. The van der Waals surface area contributed by atoms with Crippen LogP contribution < -0.4 is 4.72 Å². The van der Waals surface area contributed by atoms with E-state index in [0.717, 1.165) is 0 Å². The average Bonchev–Trinajstić information content (AvgIpc) is 2.03. The zero-order valence-corrected chi connectivity index (χ0v) is 7.93. The Bertz CT molecular complexity index is 433. The minimum absolute atomic E-state index is 0.328. The number of nitrogens with one attached hydrogen (secondary N) is 1. The molecule has 0 atom stereocenters. The normalized spacial score (nSPS) is 10.5. The number of rotatable bonds is 2. The van der Waals surface area contributed by atoms with Crippen molar-refractivity contribution < 1.29 is 8.42 Å². The molecule has 0 aliphatic rings. The average molecular weight is 217 g/mol. The van der Waals surface area contributed by atoms with E-state index in [1.165, 1.54) is 24.3 Å². The first-order valence-electron chi connectivity index (χ1n) is 3.24. The first kappa shape index (κ1) is 9.84. The van der Waals surface area contributed by atoms with E-state index in [1.807, 2.05) is 6.07 Å². The third-order valence-electron chi connectivity index (χ3n) is 1.25. The van der Waals surface area contributed by atoms with Crippen molar-refractivity contribution in [2.24, 2.45) is 0 Å². The zero-order valence-electron chi connectivity index (χ0n) is 6.36. The van der Waals surface area contributed by atoms with Crippen LogP contribution in [0.15, 0.2) is 24.3 Å². The minimum Gasteiger partial charge on any atom is -0.271 e. The Balaban J connectivity index is 2.89. The van der Waals surface area contributed by atoms with Crippen LogP contribution in [0.4, 0.5) is 5.69 Å². The van der Waals surface area contributed by atoms with Crippen LogP contribution in [0.5, 0.6) is 0 Å². The molecule has 6 heteroatoms. The summed E-state index contributed by atoms with van der Waals surface area (Å²) in [6, 6.07) is 7.80. The molecule has 0 saturated heterocycles. The summed E-state index contributed by atoms with van der Waals surface area (Å²) < 4.78 is 23.1. The van der Waals surface area contributed by atoms with Crippen LogP contribution in [-0.4, -0.2) is 8.42 Å². The van der Waals surface area contributed by atoms with Crippen molar-refractivity contribution in [3.05, 3.63) is 29.8 Å². The summed E-state index contributed by atoms with van der Waals surface area (Å²) in [5.41, 5.74) is 0.784. The summed E-state index contributed by atoms with van der Waals surface area (Å²) >= 11 is 0. The lowest BCUT2D eigenvalue weighted by Gasteiger charge is -2.00. The lowest BCUT2D eigenvalue weighted by Crippen LogP contribution is -2.03. The molecular weight excluding hydrogens is 212 g/mol. The predicted octanol–water partition coefficient (Wildman–Crippen LogP) is 1.45. The standard InChI is InChI=1S/C7H5ClN2O2S/c8-13(11,12)10-7-3-1-6(5-9)2-4-7/h1-4,10H. The van der Waals surface area contributed by atoms with E-state index in [1.54, 1.807) is 0 Å². The van der Waals surface area contributed by atoms with Crippen LogP contribution >= 0.6 is 10.7 Å². The van der Waals surface area contributed by atoms with Crippen molar-refractivity contribution >= 4 is 25.6 Å². The molecule has 1 aromatic carbocycles. The zero-order chi connectivity index (χ0) is 9.90. The van der Waals surface area contributed by atoms with Crippen molar-refractivity contribution in [3.63, 3.8) is 0 Å². The van der Waals surface area contributed by atoms with Crippen molar-refractivity contribution in [1.82, 2.24) is 0 Å². The van der Waals surface area contributed by atoms with Crippen LogP contribution in [0.2, 0.25) is 0 Å². The quantitative estimate of drug-likeness (QED) is 0.761. The van der Waals surface area contributed by atoms with Gasteiger partial charge in [-0.15, -0.1) is 0 Å². The maximum Gasteiger partial charge on any atom is 0.319 e. The summed E-state index contributed by atoms with van der Waals surface area (Å²) in [5.74, 6) is 0. The Hall–Kier alpha value is -1.25. The van der Waals surface area contributed by atoms with Crippen molar-refractivity contribution in [3.8, 4) is 6.07 Å². The van der Waals surface area contributed by atoms with Gasteiger partial charge in [-0.1, -0.05) is 0 Å². The fourth-order valence-corrected chi connectivity index (χ4v) is 1.44. The van der Waals surface area contributed by atoms with Crippen LogP contribution in [0.1, 0.15) is 5.56 Å². The van der Waals surface area contributed by atoms with Gasteiger partial charge >= 0.3 is 9.24 Å². The van der Waals surface area contributed by atoms with E-state index >= 15 is 0 Å². The molecule has 0 unspecified atom stereocenters. The van der Waals surface area contributed by atoms with Gasteiger partial charge in [0.05, 0.1) is 11.6 Å². The van der Waals surface area contributed by atoms with Crippen LogP contribution in [0, 0.1) is 11.3 Å². The van der Waals surface area contributed by atoms with Gasteiger partial charge in [0, 0.05) is 16.4 Å². The Morgan fingerprint density at radius 1 is 1.31 bits per heavy atom. The van der Waals surface area contributed by atoms with Gasteiger partial charge in [0.15, 0.2) is 0 Å². The molecule has 0 bridgehead atoms. The van der Waals surface area contributed by atoms with Gasteiger partial charge in [-0.2, -0.15) is 13.7 Å². The van der Waals surface area contributed by atoms with E-state index < -0.39 is 9.24 Å². The number of nitriles is 1. The van der Waals surface area contributed by atoms with E-state index in [2.05, 4.69) is 4.72 Å². The summed E-state index contributed by atoms with van der Waals surface area (Å²) in [6.07, 6.45) is 0. The molecule has 4 nitrogen and oxygen atoms in total. The third kappa shape index (κ3) is 3.32. The summed E-state index contributed by atoms with van der Waals surface area (Å²) in [4.78, 5) is 0. The number of nitrogens with zero attached hydrogens (tertiary/aromatic N) is 1. The van der Waals surface area contributed by atoms with Crippen LogP contribution in [-0.2, 0) is 9.24 Å². The summed E-state index contributed by atoms with van der Waals surface area (Å²) in [6.45, 7) is 0. The molecule has 1 rings (SSSR count). The second-order valence-electron chi connectivity index (χ2n) is 2.23. The second kappa shape index (κ2) is 3.64. The van der Waals surface area contributed by atoms with Crippen LogP contribution in [0.3, 0.4) is 0 Å². The molecule has 0 fully saturated rings. The lowest BCUT2D eigenvalue weighted by molar-refractivity contribution is 0.614. The summed E-state index contributed by atoms with van der Waals surface area (Å²) in [5, 5.41) is 8.45. The first-order chi connectivity index (χ1) is 6.01. The number of halogens is 1. The highest BCUT2D eigenvalue weighted by atomic mass is 35.7. The van der Waals surface area contributed by atoms with Gasteiger partial charge < -0.3 is 0 Å². The first-order valence-corrected chi connectivity index (χ1v) is 5.55. The molecule has 0 heterocycles. The highest BCUT2D eigenvalue weighted by Gasteiger charge is 2.03. The van der Waals surface area contributed by atoms with E-state index in [0.29, 0.717) is 11.3 Å². The Morgan fingerprint density at radius 3 is 2.23 bits per heavy atom. The molecule has 68 valence electrons. The van der Waals surface area contributed by atoms with Gasteiger partial charge in [-0.25, -0.2) is 0 Å². The molecule has 0 saturated carbocycles. The van der Waals surface area contributed by atoms with E-state index in [-0.39, 0.29) is 0 Å². The SMILES string of the molecule is N#Cc1ccc(NS(=O)(=O)Cl)cc1. The van der Waals surface area contributed by atoms with Crippen molar-refractivity contribution in [2.45, 2.75) is 0 Å². The van der Waals surface area contributed by atoms with Crippen molar-refractivity contribution in [2.75, 3.05) is 4.72 Å². The highest BCUT2D eigenvalue weighted by molar-refractivity contribution is 8.14. The van der Waals surface area contributed by atoms with Gasteiger partial charge in [-0.05, 0) is 24.3 Å². The maximum absolute atomic E-state index is 10.5. The molecule has 13 heavy (non-hydrogen) atoms. The molecule has 0 aliphatic heterocycles. The molecule has 0 aliphatic carbocycles. The molecule has 1 aromatic rings. The molecular formula is C7H5ClN2O2S. The summed E-state index contributed by atoms with van der Waals surface area (Å²) in [7, 11) is 1.18. The van der Waals surface area contributed by atoms with E-state index in [4.69, 9.17) is 15.9 Å². The monoisotopic (exact) mass is 216 g/mol. The predicted molar refractivity (Wildman–Crippen MR) is 49.6 cm³/mol. The Kier molecular flexibility index (Phi) is 2.76. The Morgan fingerprint density at radius 2 is 1.85 bits per heavy atom. The fraction of sp³-hybridized carbons (Fsp3) is 0. The minimum atomic E-state index is -3.76. The maximum atomic E-state index is 10.5. The number of anilines is 1. The second-order valence-corrected chi connectivity index (χ2v) is 4.53. The smallest absolute Gasteiger partial charge is 0.271 e. The number of hydrogen-bond donors (Lipinski definition) is 1. The highest BCUT2D eigenvalue weighted by Crippen LogP contribution is 2.11.